The minimum absolute atomic E-state index is 0.0347. The largest absolute Gasteiger partial charge is 0.382 e. The summed E-state index contributed by atoms with van der Waals surface area (Å²) in [7, 11) is 2.03. The van der Waals surface area contributed by atoms with Crippen LogP contribution in [0.25, 0.3) is 5.69 Å². The predicted octanol–water partition coefficient (Wildman–Crippen LogP) is 6.11. The van der Waals surface area contributed by atoms with Crippen molar-refractivity contribution < 1.29 is 0 Å². The molecule has 0 saturated heterocycles. The maximum absolute atomic E-state index is 6.51. The highest BCUT2D eigenvalue weighted by Gasteiger charge is 2.27. The second-order valence-corrected chi connectivity index (χ2v) is 9.62. The highest BCUT2D eigenvalue weighted by molar-refractivity contribution is 5.66. The van der Waals surface area contributed by atoms with Crippen molar-refractivity contribution in [3.05, 3.63) is 53.5 Å². The van der Waals surface area contributed by atoms with Crippen molar-refractivity contribution in [3.8, 4) is 5.69 Å². The lowest BCUT2D eigenvalue weighted by Crippen LogP contribution is -2.13. The number of para-hydroxylation sites is 1. The van der Waals surface area contributed by atoms with Crippen LogP contribution in [0.15, 0.2) is 46.8 Å². The third kappa shape index (κ3) is 3.97. The van der Waals surface area contributed by atoms with Crippen LogP contribution >= 0.6 is 0 Å². The van der Waals surface area contributed by atoms with Gasteiger partial charge in [-0.3, -0.25) is 0 Å². The Bertz CT molecular complexity index is 1040. The maximum Gasteiger partial charge on any atom is 0.155 e. The van der Waals surface area contributed by atoms with Crippen LogP contribution < -0.4 is 5.73 Å². The van der Waals surface area contributed by atoms with E-state index < -0.39 is 0 Å². The summed E-state index contributed by atoms with van der Waals surface area (Å²) >= 11 is 0. The molecule has 29 heavy (non-hydrogen) atoms. The first-order chi connectivity index (χ1) is 13.4. The average Bonchev–Trinajstić information content (AvgIpc) is 3.11. The van der Waals surface area contributed by atoms with Crippen LogP contribution in [0.3, 0.4) is 0 Å². The van der Waals surface area contributed by atoms with Crippen LogP contribution in [-0.2, 0) is 17.9 Å². The summed E-state index contributed by atoms with van der Waals surface area (Å²) in [6, 6.07) is 9.88. The van der Waals surface area contributed by atoms with Gasteiger partial charge in [0, 0.05) is 29.9 Å². The highest BCUT2D eigenvalue weighted by Crippen LogP contribution is 2.40. The molecule has 0 fully saturated rings. The molecule has 0 atom stereocenters. The third-order valence-electron chi connectivity index (χ3n) is 5.11. The Balaban J connectivity index is 2.17. The fourth-order valence-corrected chi connectivity index (χ4v) is 3.28. The Morgan fingerprint density at radius 1 is 0.897 bits per heavy atom. The molecular weight excluding hydrogens is 360 g/mol. The maximum atomic E-state index is 6.51. The first-order valence-corrected chi connectivity index (χ1v) is 9.94. The number of anilines is 1. The molecule has 2 aromatic heterocycles. The van der Waals surface area contributed by atoms with Crippen LogP contribution in [0.5, 0.6) is 0 Å². The van der Waals surface area contributed by atoms with Crippen molar-refractivity contribution in [3.63, 3.8) is 0 Å². The fraction of sp³-hybridized carbons (Fsp3) is 0.435. The smallest absolute Gasteiger partial charge is 0.155 e. The Hall–Kier alpha value is -2.89. The topological polar surface area (TPSA) is 73.5 Å². The Morgan fingerprint density at radius 3 is 2.03 bits per heavy atom. The lowest BCUT2D eigenvalue weighted by atomic mass is 9.88. The van der Waals surface area contributed by atoms with Gasteiger partial charge in [0.2, 0.25) is 0 Å². The van der Waals surface area contributed by atoms with Crippen molar-refractivity contribution >= 4 is 17.2 Å². The van der Waals surface area contributed by atoms with E-state index in [0.717, 1.165) is 28.3 Å². The van der Waals surface area contributed by atoms with Crippen molar-refractivity contribution in [2.75, 3.05) is 5.73 Å². The zero-order valence-corrected chi connectivity index (χ0v) is 18.8. The van der Waals surface area contributed by atoms with Crippen LogP contribution in [0, 0.1) is 6.92 Å². The van der Waals surface area contributed by atoms with Gasteiger partial charge in [0.05, 0.1) is 11.4 Å². The highest BCUT2D eigenvalue weighted by atomic mass is 15.3. The number of aryl methyl sites for hydroxylation is 1. The number of benzene rings is 1. The molecule has 2 N–H and O–H groups in total. The zero-order chi connectivity index (χ0) is 21.6. The molecule has 0 bridgehead atoms. The van der Waals surface area contributed by atoms with Gasteiger partial charge in [-0.1, -0.05) is 59.7 Å². The molecule has 0 aliphatic rings. The minimum Gasteiger partial charge on any atom is -0.382 e. The second kappa shape index (κ2) is 7.17. The van der Waals surface area contributed by atoms with Gasteiger partial charge in [0.25, 0.3) is 0 Å². The number of aromatic nitrogens is 3. The van der Waals surface area contributed by atoms with Gasteiger partial charge in [0.1, 0.15) is 5.69 Å². The monoisotopic (exact) mass is 392 g/mol. The van der Waals surface area contributed by atoms with E-state index >= 15 is 0 Å². The van der Waals surface area contributed by atoms with Gasteiger partial charge in [0.15, 0.2) is 11.5 Å². The molecule has 0 amide bonds. The molecule has 6 heteroatoms. The van der Waals surface area contributed by atoms with Crippen molar-refractivity contribution in [2.45, 2.75) is 59.3 Å². The first kappa shape index (κ1) is 20.8. The van der Waals surface area contributed by atoms with Crippen molar-refractivity contribution in [1.82, 2.24) is 14.3 Å². The van der Waals surface area contributed by atoms with Gasteiger partial charge in [-0.15, -0.1) is 10.2 Å². The Morgan fingerprint density at radius 2 is 1.48 bits per heavy atom. The average molecular weight is 393 g/mol. The predicted molar refractivity (Wildman–Crippen MR) is 120 cm³/mol. The molecule has 0 unspecified atom stereocenters. The van der Waals surface area contributed by atoms with Gasteiger partial charge in [-0.2, -0.15) is 5.10 Å². The van der Waals surface area contributed by atoms with Gasteiger partial charge in [-0.05, 0) is 24.5 Å². The molecular formula is C23H32N6. The summed E-state index contributed by atoms with van der Waals surface area (Å²) in [4.78, 5) is 0. The van der Waals surface area contributed by atoms with Crippen molar-refractivity contribution in [2.24, 2.45) is 17.3 Å². The summed E-state index contributed by atoms with van der Waals surface area (Å²) < 4.78 is 3.84. The number of nitrogen functional groups attached to an aromatic ring is 1. The molecule has 2 heterocycles. The standard InChI is InChI=1S/C23H32N6/c1-15-18(17(14-28(15)8)22(2,3)4)25-26-19-20(23(5,6)7)27-29(21(19)24)16-12-10-9-11-13-16/h9-14H,24H2,1-8H3/b26-25+. The first-order valence-electron chi connectivity index (χ1n) is 9.94. The van der Waals surface area contributed by atoms with Gasteiger partial charge in [-0.25, -0.2) is 4.68 Å². The van der Waals surface area contributed by atoms with E-state index in [9.17, 15) is 0 Å². The third-order valence-corrected chi connectivity index (χ3v) is 5.11. The van der Waals surface area contributed by atoms with Crippen LogP contribution in [0.4, 0.5) is 17.2 Å². The van der Waals surface area contributed by atoms with Gasteiger partial charge >= 0.3 is 0 Å². The zero-order valence-electron chi connectivity index (χ0n) is 18.8. The van der Waals surface area contributed by atoms with E-state index in [1.54, 1.807) is 4.68 Å². The van der Waals surface area contributed by atoms with Crippen LogP contribution in [0.1, 0.15) is 58.5 Å². The molecule has 154 valence electrons. The minimum atomic E-state index is -0.221. The van der Waals surface area contributed by atoms with Crippen LogP contribution in [0.2, 0.25) is 0 Å². The van der Waals surface area contributed by atoms with E-state index in [4.69, 9.17) is 10.8 Å². The Labute approximate surface area is 173 Å². The van der Waals surface area contributed by atoms with E-state index in [1.807, 2.05) is 37.4 Å². The van der Waals surface area contributed by atoms with E-state index in [2.05, 4.69) is 69.5 Å². The molecule has 0 saturated carbocycles. The molecule has 0 aliphatic carbocycles. The number of rotatable bonds is 3. The number of azo groups is 1. The molecule has 0 spiro atoms. The quantitative estimate of drug-likeness (QED) is 0.546. The van der Waals surface area contributed by atoms with E-state index in [1.165, 1.54) is 0 Å². The van der Waals surface area contributed by atoms with E-state index in [-0.39, 0.29) is 10.8 Å². The lowest BCUT2D eigenvalue weighted by Gasteiger charge is -2.17. The molecule has 3 aromatic rings. The summed E-state index contributed by atoms with van der Waals surface area (Å²) in [5.41, 5.74) is 11.7. The normalized spacial score (nSPS) is 12.8. The SMILES string of the molecule is Cc1c(/N=N/c2c(C(C)(C)C)nn(-c3ccccc3)c2N)c(C(C)(C)C)cn1C. The molecule has 3 rings (SSSR count). The van der Waals surface area contributed by atoms with Crippen molar-refractivity contribution in [1.29, 1.82) is 0 Å². The van der Waals surface area contributed by atoms with E-state index in [0.29, 0.717) is 11.5 Å². The number of nitrogens with two attached hydrogens (primary N) is 1. The number of hydrogen-bond acceptors (Lipinski definition) is 4. The molecule has 0 aliphatic heterocycles. The number of nitrogens with zero attached hydrogens (tertiary/aromatic N) is 5. The summed E-state index contributed by atoms with van der Waals surface area (Å²) in [6.07, 6.45) is 2.13. The number of hydrogen-bond donors (Lipinski definition) is 1. The summed E-state index contributed by atoms with van der Waals surface area (Å²) in [5.74, 6) is 0.496. The molecule has 6 nitrogen and oxygen atoms in total. The summed E-state index contributed by atoms with van der Waals surface area (Å²) in [5, 5.41) is 14.1. The molecule has 1 aromatic carbocycles. The second-order valence-electron chi connectivity index (χ2n) is 9.62. The van der Waals surface area contributed by atoms with Gasteiger partial charge < -0.3 is 10.3 Å². The Kier molecular flexibility index (Phi) is 5.15. The van der Waals surface area contributed by atoms with Crippen LogP contribution in [-0.4, -0.2) is 14.3 Å². The summed E-state index contributed by atoms with van der Waals surface area (Å²) in [6.45, 7) is 14.9. The molecule has 0 radical (unpaired) electrons. The lowest BCUT2D eigenvalue weighted by molar-refractivity contribution is 0.561. The fourth-order valence-electron chi connectivity index (χ4n) is 3.28.